The normalized spacial score (nSPS) is 14.8. The van der Waals surface area contributed by atoms with Gasteiger partial charge in [-0.15, -0.1) is 0 Å². The Morgan fingerprint density at radius 3 is 2.79 bits per heavy atom. The van der Waals surface area contributed by atoms with E-state index >= 15 is 0 Å². The van der Waals surface area contributed by atoms with Crippen LogP contribution in [0.1, 0.15) is 18.4 Å². The van der Waals surface area contributed by atoms with Gasteiger partial charge in [0.1, 0.15) is 11.9 Å². The van der Waals surface area contributed by atoms with Crippen LogP contribution in [0.2, 0.25) is 0 Å². The summed E-state index contributed by atoms with van der Waals surface area (Å²) in [5, 5.41) is 9.17. The highest BCUT2D eigenvalue weighted by molar-refractivity contribution is 5.79. The van der Waals surface area contributed by atoms with Crippen LogP contribution in [-0.2, 0) is 0 Å². The molecule has 19 heavy (non-hydrogen) atoms. The van der Waals surface area contributed by atoms with Crippen molar-refractivity contribution in [1.29, 1.82) is 5.26 Å². The molecule has 7 nitrogen and oxygen atoms in total. The van der Waals surface area contributed by atoms with Gasteiger partial charge in [-0.25, -0.2) is 4.98 Å². The SMILES string of the molecule is N#Cc1cc2c(=O)[nH]c(N3CCCC3)nc2nc1N. The lowest BCUT2D eigenvalue weighted by Crippen LogP contribution is -2.24. The number of aromatic amines is 1. The molecule has 2 aromatic heterocycles. The average molecular weight is 256 g/mol. The van der Waals surface area contributed by atoms with E-state index in [1.165, 1.54) is 6.07 Å². The molecule has 0 spiro atoms. The fourth-order valence-electron chi connectivity index (χ4n) is 2.24. The quantitative estimate of drug-likeness (QED) is 0.762. The number of nitrogens with one attached hydrogen (secondary N) is 1. The molecule has 1 fully saturated rings. The third-order valence-electron chi connectivity index (χ3n) is 3.24. The number of fused-ring (bicyclic) bond motifs is 1. The maximum Gasteiger partial charge on any atom is 0.261 e. The van der Waals surface area contributed by atoms with Crippen molar-refractivity contribution in [2.75, 3.05) is 23.7 Å². The number of rotatable bonds is 1. The molecule has 0 aromatic carbocycles. The second kappa shape index (κ2) is 4.24. The van der Waals surface area contributed by atoms with Crippen LogP contribution < -0.4 is 16.2 Å². The molecule has 0 unspecified atom stereocenters. The Hall–Kier alpha value is -2.62. The van der Waals surface area contributed by atoms with Crippen molar-refractivity contribution >= 4 is 22.8 Å². The van der Waals surface area contributed by atoms with Crippen LogP contribution in [0.3, 0.4) is 0 Å². The van der Waals surface area contributed by atoms with E-state index in [1.54, 1.807) is 0 Å². The molecule has 3 heterocycles. The Bertz CT molecular complexity index is 738. The van der Waals surface area contributed by atoms with Gasteiger partial charge in [-0.1, -0.05) is 0 Å². The third kappa shape index (κ3) is 1.87. The van der Waals surface area contributed by atoms with Gasteiger partial charge in [0.05, 0.1) is 10.9 Å². The van der Waals surface area contributed by atoms with Gasteiger partial charge in [0.15, 0.2) is 5.65 Å². The second-order valence-electron chi connectivity index (χ2n) is 4.49. The van der Waals surface area contributed by atoms with Gasteiger partial charge >= 0.3 is 0 Å². The summed E-state index contributed by atoms with van der Waals surface area (Å²) in [6, 6.07) is 3.33. The van der Waals surface area contributed by atoms with Crippen molar-refractivity contribution in [1.82, 2.24) is 15.0 Å². The minimum absolute atomic E-state index is 0.0977. The summed E-state index contributed by atoms with van der Waals surface area (Å²) < 4.78 is 0. The summed E-state index contributed by atoms with van der Waals surface area (Å²) in [7, 11) is 0. The Balaban J connectivity index is 2.21. The maximum atomic E-state index is 12.0. The van der Waals surface area contributed by atoms with Gasteiger partial charge in [-0.05, 0) is 18.9 Å². The summed E-state index contributed by atoms with van der Waals surface area (Å²) in [5.41, 5.74) is 5.82. The number of hydrogen-bond acceptors (Lipinski definition) is 6. The van der Waals surface area contributed by atoms with Crippen LogP contribution in [-0.4, -0.2) is 28.0 Å². The fourth-order valence-corrected chi connectivity index (χ4v) is 2.24. The summed E-state index contributed by atoms with van der Waals surface area (Å²) >= 11 is 0. The van der Waals surface area contributed by atoms with E-state index in [9.17, 15) is 4.79 Å². The first-order valence-corrected chi connectivity index (χ1v) is 6.04. The molecule has 0 atom stereocenters. The minimum Gasteiger partial charge on any atom is -0.383 e. The fraction of sp³-hybridized carbons (Fsp3) is 0.333. The van der Waals surface area contributed by atoms with E-state index in [0.717, 1.165) is 25.9 Å². The van der Waals surface area contributed by atoms with Crippen LogP contribution in [0, 0.1) is 11.3 Å². The van der Waals surface area contributed by atoms with E-state index in [4.69, 9.17) is 11.0 Å². The number of nitrogen functional groups attached to an aromatic ring is 1. The largest absolute Gasteiger partial charge is 0.383 e. The standard InChI is InChI=1S/C12H12N6O/c13-6-7-5-8-10(15-9(7)14)16-12(17-11(8)19)18-3-1-2-4-18/h5H,1-4H2,(H3,14,15,16,17,19). The highest BCUT2D eigenvalue weighted by Crippen LogP contribution is 2.18. The number of aromatic nitrogens is 3. The lowest BCUT2D eigenvalue weighted by molar-refractivity contribution is 0.897. The first-order valence-electron chi connectivity index (χ1n) is 6.04. The third-order valence-corrected chi connectivity index (χ3v) is 3.24. The maximum absolute atomic E-state index is 12.0. The molecular weight excluding hydrogens is 244 g/mol. The molecule has 1 saturated heterocycles. The van der Waals surface area contributed by atoms with Crippen molar-refractivity contribution in [2.45, 2.75) is 12.8 Å². The first-order chi connectivity index (χ1) is 9.19. The molecule has 2 aromatic rings. The van der Waals surface area contributed by atoms with E-state index in [2.05, 4.69) is 15.0 Å². The lowest BCUT2D eigenvalue weighted by atomic mass is 10.2. The summed E-state index contributed by atoms with van der Waals surface area (Å²) in [5.74, 6) is 0.618. The summed E-state index contributed by atoms with van der Waals surface area (Å²) in [6.45, 7) is 1.75. The van der Waals surface area contributed by atoms with Crippen molar-refractivity contribution in [3.05, 3.63) is 22.0 Å². The van der Waals surface area contributed by atoms with E-state index in [-0.39, 0.29) is 28.0 Å². The number of nitriles is 1. The minimum atomic E-state index is -0.295. The molecule has 3 N–H and O–H groups in total. The van der Waals surface area contributed by atoms with Crippen LogP contribution in [0.5, 0.6) is 0 Å². The van der Waals surface area contributed by atoms with E-state index < -0.39 is 0 Å². The average Bonchev–Trinajstić information content (AvgIpc) is 2.91. The number of nitrogens with two attached hydrogens (primary N) is 1. The molecule has 0 amide bonds. The predicted molar refractivity (Wildman–Crippen MR) is 70.7 cm³/mol. The van der Waals surface area contributed by atoms with E-state index in [1.807, 2.05) is 11.0 Å². The topological polar surface area (TPSA) is 112 Å². The van der Waals surface area contributed by atoms with Gasteiger partial charge in [-0.3, -0.25) is 9.78 Å². The van der Waals surface area contributed by atoms with Gasteiger partial charge in [-0.2, -0.15) is 10.2 Å². The highest BCUT2D eigenvalue weighted by Gasteiger charge is 2.17. The first kappa shape index (κ1) is 11.5. The van der Waals surface area contributed by atoms with Crippen LogP contribution in [0.25, 0.3) is 11.0 Å². The molecule has 1 aliphatic heterocycles. The molecular formula is C12H12N6O. The van der Waals surface area contributed by atoms with Crippen molar-refractivity contribution in [2.24, 2.45) is 0 Å². The van der Waals surface area contributed by atoms with Crippen LogP contribution in [0.4, 0.5) is 11.8 Å². The number of hydrogen-bond donors (Lipinski definition) is 2. The summed E-state index contributed by atoms with van der Waals surface area (Å²) in [6.07, 6.45) is 2.18. The molecule has 7 heteroatoms. The summed E-state index contributed by atoms with van der Waals surface area (Å²) in [4.78, 5) is 25.1. The Morgan fingerprint density at radius 2 is 2.11 bits per heavy atom. The molecule has 0 bridgehead atoms. The Kier molecular flexibility index (Phi) is 2.56. The number of anilines is 2. The van der Waals surface area contributed by atoms with Gasteiger partial charge in [0.2, 0.25) is 5.95 Å². The van der Waals surface area contributed by atoms with Gasteiger partial charge < -0.3 is 10.6 Å². The van der Waals surface area contributed by atoms with Crippen LogP contribution in [0.15, 0.2) is 10.9 Å². The zero-order valence-electron chi connectivity index (χ0n) is 10.2. The molecule has 0 aliphatic carbocycles. The van der Waals surface area contributed by atoms with Crippen LogP contribution >= 0.6 is 0 Å². The van der Waals surface area contributed by atoms with Gasteiger partial charge in [0.25, 0.3) is 5.56 Å². The molecule has 1 aliphatic rings. The van der Waals surface area contributed by atoms with Crippen molar-refractivity contribution in [3.8, 4) is 6.07 Å². The zero-order valence-corrected chi connectivity index (χ0v) is 10.2. The molecule has 0 saturated carbocycles. The van der Waals surface area contributed by atoms with Crippen molar-refractivity contribution in [3.63, 3.8) is 0 Å². The van der Waals surface area contributed by atoms with E-state index in [0.29, 0.717) is 5.95 Å². The number of H-pyrrole nitrogens is 1. The highest BCUT2D eigenvalue weighted by atomic mass is 16.1. The predicted octanol–water partition coefficient (Wildman–Crippen LogP) is 0.372. The molecule has 96 valence electrons. The Morgan fingerprint density at radius 1 is 1.37 bits per heavy atom. The smallest absolute Gasteiger partial charge is 0.261 e. The number of nitrogens with zero attached hydrogens (tertiary/aromatic N) is 4. The molecule has 3 rings (SSSR count). The second-order valence-corrected chi connectivity index (χ2v) is 4.49. The Labute approximate surface area is 108 Å². The van der Waals surface area contributed by atoms with Gasteiger partial charge in [0, 0.05) is 13.1 Å². The van der Waals surface area contributed by atoms with Crippen molar-refractivity contribution < 1.29 is 0 Å². The number of pyridine rings is 1. The molecule has 0 radical (unpaired) electrons. The monoisotopic (exact) mass is 256 g/mol. The zero-order chi connectivity index (χ0) is 13.4. The lowest BCUT2D eigenvalue weighted by Gasteiger charge is -2.15.